The van der Waals surface area contributed by atoms with Crippen molar-refractivity contribution in [3.63, 3.8) is 0 Å². The highest BCUT2D eigenvalue weighted by molar-refractivity contribution is 5.86. The summed E-state index contributed by atoms with van der Waals surface area (Å²) in [6, 6.07) is 5.28. The number of aromatic nitrogens is 1. The second kappa shape index (κ2) is 6.43. The van der Waals surface area contributed by atoms with Crippen LogP contribution in [0.25, 0.3) is 10.9 Å². The lowest BCUT2D eigenvalue weighted by Crippen LogP contribution is -2.25. The number of hydrogen-bond acceptors (Lipinski definition) is 3. The quantitative estimate of drug-likeness (QED) is 0.853. The Morgan fingerprint density at radius 3 is 2.76 bits per heavy atom. The van der Waals surface area contributed by atoms with E-state index in [0.717, 1.165) is 16.5 Å². The molecule has 1 amide bonds. The number of Topliss-reactive ketones (excluding diaryl/α,β-unsaturated/α-hetero) is 1. The molecule has 2 N–H and O–H groups in total. The van der Waals surface area contributed by atoms with Crippen molar-refractivity contribution in [2.45, 2.75) is 26.2 Å². The molecule has 112 valence electrons. The van der Waals surface area contributed by atoms with Gasteiger partial charge in [0.1, 0.15) is 11.5 Å². The first kappa shape index (κ1) is 15.1. The van der Waals surface area contributed by atoms with Gasteiger partial charge in [0.15, 0.2) is 0 Å². The average molecular weight is 288 g/mol. The first-order chi connectivity index (χ1) is 9.97. The summed E-state index contributed by atoms with van der Waals surface area (Å²) in [6.07, 6.45) is 3.22. The van der Waals surface area contributed by atoms with Crippen LogP contribution in [0.2, 0.25) is 0 Å². The number of carbonyl (C=O) groups excluding carboxylic acids is 2. The van der Waals surface area contributed by atoms with Gasteiger partial charge in [0.2, 0.25) is 5.91 Å². The fourth-order valence-electron chi connectivity index (χ4n) is 2.38. The van der Waals surface area contributed by atoms with E-state index in [2.05, 4.69) is 5.32 Å². The standard InChI is InChI=1S/C16H20N2O3/c1-11(19)3-6-16(21)17-8-7-12-10-18(2)15-5-4-13(20)9-14(12)15/h4-5,9-10,20H,3,6-8H2,1-2H3,(H,17,21). The van der Waals surface area contributed by atoms with Gasteiger partial charge in [0.05, 0.1) is 0 Å². The maximum atomic E-state index is 11.6. The molecule has 2 aromatic rings. The third-order valence-corrected chi connectivity index (χ3v) is 3.48. The summed E-state index contributed by atoms with van der Waals surface area (Å²) in [5.41, 5.74) is 2.13. The van der Waals surface area contributed by atoms with Crippen LogP contribution in [0.4, 0.5) is 0 Å². The van der Waals surface area contributed by atoms with Gasteiger partial charge in [-0.25, -0.2) is 0 Å². The Kier molecular flexibility index (Phi) is 4.62. The van der Waals surface area contributed by atoms with E-state index in [0.29, 0.717) is 13.0 Å². The number of carbonyl (C=O) groups is 2. The molecule has 1 heterocycles. The number of nitrogens with one attached hydrogen (secondary N) is 1. The van der Waals surface area contributed by atoms with Crippen LogP contribution in [-0.4, -0.2) is 27.9 Å². The molecule has 1 aromatic heterocycles. The van der Waals surface area contributed by atoms with Crippen LogP contribution in [0.1, 0.15) is 25.3 Å². The van der Waals surface area contributed by atoms with Crippen LogP contribution in [0.3, 0.4) is 0 Å². The number of phenolic OH excluding ortho intramolecular Hbond substituents is 1. The van der Waals surface area contributed by atoms with Gasteiger partial charge in [0, 0.05) is 43.5 Å². The fraction of sp³-hybridized carbons (Fsp3) is 0.375. The minimum absolute atomic E-state index is 0.0229. The molecule has 2 rings (SSSR count). The molecular weight excluding hydrogens is 268 g/mol. The summed E-state index contributed by atoms with van der Waals surface area (Å²) in [5, 5.41) is 13.4. The number of hydrogen-bond donors (Lipinski definition) is 2. The van der Waals surface area contributed by atoms with Crippen molar-refractivity contribution in [1.29, 1.82) is 0 Å². The second-order valence-corrected chi connectivity index (χ2v) is 5.27. The van der Waals surface area contributed by atoms with Crippen LogP contribution in [-0.2, 0) is 23.1 Å². The average Bonchev–Trinajstić information content (AvgIpc) is 2.73. The summed E-state index contributed by atoms with van der Waals surface area (Å²) >= 11 is 0. The lowest BCUT2D eigenvalue weighted by atomic mass is 10.1. The number of benzene rings is 1. The summed E-state index contributed by atoms with van der Waals surface area (Å²) in [4.78, 5) is 22.4. The normalized spacial score (nSPS) is 10.8. The fourth-order valence-corrected chi connectivity index (χ4v) is 2.38. The number of aryl methyl sites for hydroxylation is 1. The van der Waals surface area contributed by atoms with E-state index in [1.54, 1.807) is 12.1 Å². The summed E-state index contributed by atoms with van der Waals surface area (Å²) < 4.78 is 2.00. The molecular formula is C16H20N2O3. The Morgan fingerprint density at radius 2 is 2.05 bits per heavy atom. The molecule has 0 aliphatic heterocycles. The van der Waals surface area contributed by atoms with Crippen LogP contribution in [0, 0.1) is 0 Å². The van der Waals surface area contributed by atoms with E-state index in [-0.39, 0.29) is 30.3 Å². The molecule has 5 nitrogen and oxygen atoms in total. The number of nitrogens with zero attached hydrogens (tertiary/aromatic N) is 1. The molecule has 0 unspecified atom stereocenters. The van der Waals surface area contributed by atoms with Crippen molar-refractivity contribution < 1.29 is 14.7 Å². The number of amides is 1. The molecule has 0 spiro atoms. The van der Waals surface area contributed by atoms with Crippen molar-refractivity contribution in [3.05, 3.63) is 30.0 Å². The third kappa shape index (κ3) is 3.84. The van der Waals surface area contributed by atoms with Crippen molar-refractivity contribution in [3.8, 4) is 5.75 Å². The number of phenols is 1. The zero-order valence-corrected chi connectivity index (χ0v) is 12.3. The van der Waals surface area contributed by atoms with Crippen LogP contribution in [0.5, 0.6) is 5.75 Å². The van der Waals surface area contributed by atoms with Gasteiger partial charge >= 0.3 is 0 Å². The molecule has 1 aromatic carbocycles. The van der Waals surface area contributed by atoms with Crippen molar-refractivity contribution in [1.82, 2.24) is 9.88 Å². The largest absolute Gasteiger partial charge is 0.508 e. The topological polar surface area (TPSA) is 71.3 Å². The molecule has 0 saturated carbocycles. The number of aromatic hydroxyl groups is 1. The smallest absolute Gasteiger partial charge is 0.220 e. The van der Waals surface area contributed by atoms with E-state index in [1.165, 1.54) is 6.92 Å². The van der Waals surface area contributed by atoms with Crippen molar-refractivity contribution in [2.75, 3.05) is 6.54 Å². The van der Waals surface area contributed by atoms with E-state index in [1.807, 2.05) is 23.9 Å². The van der Waals surface area contributed by atoms with Crippen molar-refractivity contribution in [2.24, 2.45) is 7.05 Å². The lowest BCUT2D eigenvalue weighted by molar-refractivity contribution is -0.124. The van der Waals surface area contributed by atoms with Gasteiger partial charge in [0.25, 0.3) is 0 Å². The highest BCUT2D eigenvalue weighted by Gasteiger charge is 2.08. The number of rotatable bonds is 6. The number of fused-ring (bicyclic) bond motifs is 1. The molecule has 0 radical (unpaired) electrons. The Hall–Kier alpha value is -2.30. The zero-order valence-electron chi connectivity index (χ0n) is 12.3. The minimum Gasteiger partial charge on any atom is -0.508 e. The molecule has 0 aliphatic carbocycles. The van der Waals surface area contributed by atoms with Gasteiger partial charge in [-0.05, 0) is 37.1 Å². The molecule has 0 atom stereocenters. The van der Waals surface area contributed by atoms with Gasteiger partial charge in [-0.2, -0.15) is 0 Å². The van der Waals surface area contributed by atoms with Gasteiger partial charge in [-0.3, -0.25) is 4.79 Å². The predicted octanol–water partition coefficient (Wildman–Crippen LogP) is 1.91. The van der Waals surface area contributed by atoms with E-state index in [4.69, 9.17) is 0 Å². The van der Waals surface area contributed by atoms with Crippen LogP contribution in [0.15, 0.2) is 24.4 Å². The maximum absolute atomic E-state index is 11.6. The highest BCUT2D eigenvalue weighted by Crippen LogP contribution is 2.24. The molecule has 5 heteroatoms. The van der Waals surface area contributed by atoms with E-state index >= 15 is 0 Å². The number of ketones is 1. The summed E-state index contributed by atoms with van der Waals surface area (Å²) in [5.74, 6) is 0.156. The SMILES string of the molecule is CC(=O)CCC(=O)NCCc1cn(C)c2ccc(O)cc12. The Balaban J connectivity index is 1.96. The Bertz CT molecular complexity index is 673. The first-order valence-corrected chi connectivity index (χ1v) is 7.00. The van der Waals surface area contributed by atoms with Crippen LogP contribution < -0.4 is 5.32 Å². The Labute approximate surface area is 123 Å². The zero-order chi connectivity index (χ0) is 15.4. The minimum atomic E-state index is -0.103. The molecule has 0 saturated heterocycles. The van der Waals surface area contributed by atoms with Gasteiger partial charge < -0.3 is 19.8 Å². The van der Waals surface area contributed by atoms with E-state index < -0.39 is 0 Å². The molecule has 0 bridgehead atoms. The van der Waals surface area contributed by atoms with Crippen LogP contribution >= 0.6 is 0 Å². The highest BCUT2D eigenvalue weighted by atomic mass is 16.3. The second-order valence-electron chi connectivity index (χ2n) is 5.27. The maximum Gasteiger partial charge on any atom is 0.220 e. The van der Waals surface area contributed by atoms with Gasteiger partial charge in [-0.1, -0.05) is 0 Å². The molecule has 0 aliphatic rings. The van der Waals surface area contributed by atoms with E-state index in [9.17, 15) is 14.7 Å². The monoisotopic (exact) mass is 288 g/mol. The summed E-state index contributed by atoms with van der Waals surface area (Å²) in [7, 11) is 1.95. The predicted molar refractivity (Wildman–Crippen MR) is 81.2 cm³/mol. The third-order valence-electron chi connectivity index (χ3n) is 3.48. The Morgan fingerprint density at radius 1 is 1.29 bits per heavy atom. The van der Waals surface area contributed by atoms with Gasteiger partial charge in [-0.15, -0.1) is 0 Å². The van der Waals surface area contributed by atoms with Crippen molar-refractivity contribution >= 4 is 22.6 Å². The molecule has 21 heavy (non-hydrogen) atoms. The summed E-state index contributed by atoms with van der Waals surface area (Å²) in [6.45, 7) is 2.00. The first-order valence-electron chi connectivity index (χ1n) is 7.00. The molecule has 0 fully saturated rings. The lowest BCUT2D eigenvalue weighted by Gasteiger charge is -2.04.